The molecule has 5 heteroatoms. The summed E-state index contributed by atoms with van der Waals surface area (Å²) >= 11 is 0. The summed E-state index contributed by atoms with van der Waals surface area (Å²) in [6.45, 7) is 2.13. The van der Waals surface area contributed by atoms with Gasteiger partial charge in [-0.2, -0.15) is 0 Å². The number of hydrogen-bond acceptors (Lipinski definition) is 2. The lowest BCUT2D eigenvalue weighted by Crippen LogP contribution is -2.48. The van der Waals surface area contributed by atoms with Crippen molar-refractivity contribution in [1.82, 2.24) is 5.32 Å². The number of hydrogen-bond donors (Lipinski definition) is 1. The van der Waals surface area contributed by atoms with Crippen molar-refractivity contribution in [2.24, 2.45) is 5.92 Å². The first-order valence-electron chi connectivity index (χ1n) is 7.31. The van der Waals surface area contributed by atoms with Crippen molar-refractivity contribution in [2.75, 3.05) is 14.2 Å². The number of benzene rings is 1. The van der Waals surface area contributed by atoms with Gasteiger partial charge in [0.25, 0.3) is 0 Å². The zero-order valence-electron chi connectivity index (χ0n) is 12.7. The van der Waals surface area contributed by atoms with Crippen LogP contribution in [0.5, 0.6) is 0 Å². The molecule has 1 saturated carbocycles. The molecule has 2 nitrogen and oxygen atoms in total. The van der Waals surface area contributed by atoms with Crippen LogP contribution in [-0.4, -0.2) is 19.8 Å². The third-order valence-corrected chi connectivity index (χ3v) is 4.59. The standard InChI is InChI=1S/C16H22F3NO/c1-10-5-4-8-16(9-10,21-3)15(20-2)11-6-7-12(17)14(19)13(11)18/h6-7,10,15,20H,4-5,8-9H2,1-3H3. The maximum absolute atomic E-state index is 14.1. The van der Waals surface area contributed by atoms with Crippen molar-refractivity contribution in [3.05, 3.63) is 35.1 Å². The van der Waals surface area contributed by atoms with Crippen LogP contribution in [0.4, 0.5) is 13.2 Å². The van der Waals surface area contributed by atoms with Crippen LogP contribution in [0, 0.1) is 23.4 Å². The molecular formula is C16H22F3NO. The Hall–Kier alpha value is -1.07. The van der Waals surface area contributed by atoms with Crippen molar-refractivity contribution >= 4 is 0 Å². The molecule has 1 fully saturated rings. The minimum absolute atomic E-state index is 0.118. The average molecular weight is 301 g/mol. The van der Waals surface area contributed by atoms with E-state index in [1.807, 2.05) is 0 Å². The molecule has 1 aliphatic rings. The van der Waals surface area contributed by atoms with E-state index in [4.69, 9.17) is 4.74 Å². The number of ether oxygens (including phenoxy) is 1. The predicted octanol–water partition coefficient (Wildman–Crippen LogP) is 3.96. The van der Waals surface area contributed by atoms with Crippen molar-refractivity contribution in [3.63, 3.8) is 0 Å². The van der Waals surface area contributed by atoms with E-state index in [2.05, 4.69) is 12.2 Å². The lowest BCUT2D eigenvalue weighted by Gasteiger charge is -2.44. The Bertz CT molecular complexity index is 509. The van der Waals surface area contributed by atoms with Gasteiger partial charge in [0.05, 0.1) is 11.6 Å². The molecule has 21 heavy (non-hydrogen) atoms. The Morgan fingerprint density at radius 3 is 2.57 bits per heavy atom. The zero-order chi connectivity index (χ0) is 15.6. The highest BCUT2D eigenvalue weighted by atomic mass is 19.2. The van der Waals surface area contributed by atoms with E-state index in [-0.39, 0.29) is 5.56 Å². The molecular weight excluding hydrogens is 279 g/mol. The third-order valence-electron chi connectivity index (χ3n) is 4.59. The summed E-state index contributed by atoms with van der Waals surface area (Å²) in [7, 11) is 3.28. The molecule has 1 aromatic rings. The fourth-order valence-corrected chi connectivity index (χ4v) is 3.57. The van der Waals surface area contributed by atoms with Gasteiger partial charge in [0.1, 0.15) is 0 Å². The maximum atomic E-state index is 14.1. The van der Waals surface area contributed by atoms with Gasteiger partial charge in [-0.15, -0.1) is 0 Å². The Labute approximate surface area is 123 Å². The molecule has 0 heterocycles. The van der Waals surface area contributed by atoms with E-state index in [0.29, 0.717) is 5.92 Å². The minimum Gasteiger partial charge on any atom is -0.376 e. The van der Waals surface area contributed by atoms with Crippen LogP contribution in [0.15, 0.2) is 12.1 Å². The SMILES string of the molecule is CNC(c1ccc(F)c(F)c1F)C1(OC)CCCC(C)C1. The summed E-state index contributed by atoms with van der Waals surface area (Å²) in [5.74, 6) is -3.29. The molecule has 0 amide bonds. The van der Waals surface area contributed by atoms with Crippen LogP contribution in [0.25, 0.3) is 0 Å². The van der Waals surface area contributed by atoms with Gasteiger partial charge in [-0.25, -0.2) is 13.2 Å². The van der Waals surface area contributed by atoms with Gasteiger partial charge in [-0.05, 0) is 31.9 Å². The lowest BCUT2D eigenvalue weighted by molar-refractivity contribution is -0.0798. The van der Waals surface area contributed by atoms with Crippen molar-refractivity contribution < 1.29 is 17.9 Å². The van der Waals surface area contributed by atoms with E-state index in [1.54, 1.807) is 14.2 Å². The second kappa shape index (κ2) is 6.36. The molecule has 0 aromatic heterocycles. The quantitative estimate of drug-likeness (QED) is 0.850. The van der Waals surface area contributed by atoms with Gasteiger partial charge in [0.15, 0.2) is 17.5 Å². The Kier molecular flexibility index (Phi) is 4.94. The molecule has 1 aromatic carbocycles. The monoisotopic (exact) mass is 301 g/mol. The summed E-state index contributed by atoms with van der Waals surface area (Å²) in [6.07, 6.45) is 3.59. The number of rotatable bonds is 4. The normalized spacial score (nSPS) is 27.6. The first-order valence-corrected chi connectivity index (χ1v) is 7.31. The average Bonchev–Trinajstić information content (AvgIpc) is 2.48. The maximum Gasteiger partial charge on any atom is 0.194 e. The van der Waals surface area contributed by atoms with Gasteiger partial charge in [0, 0.05) is 12.7 Å². The number of halogens is 3. The molecule has 0 radical (unpaired) electrons. The van der Waals surface area contributed by atoms with E-state index < -0.39 is 29.1 Å². The molecule has 118 valence electrons. The highest BCUT2D eigenvalue weighted by molar-refractivity contribution is 5.27. The topological polar surface area (TPSA) is 21.3 Å². The van der Waals surface area contributed by atoms with Gasteiger partial charge in [0.2, 0.25) is 0 Å². The van der Waals surface area contributed by atoms with E-state index in [0.717, 1.165) is 31.7 Å². The van der Waals surface area contributed by atoms with Crippen LogP contribution in [0.2, 0.25) is 0 Å². The molecule has 1 N–H and O–H groups in total. The minimum atomic E-state index is -1.43. The van der Waals surface area contributed by atoms with Crippen LogP contribution >= 0.6 is 0 Å². The molecule has 0 saturated heterocycles. The first kappa shape index (κ1) is 16.3. The van der Waals surface area contributed by atoms with Crippen LogP contribution in [0.1, 0.15) is 44.2 Å². The highest BCUT2D eigenvalue weighted by Gasteiger charge is 2.43. The lowest BCUT2D eigenvalue weighted by atomic mass is 9.72. The van der Waals surface area contributed by atoms with Gasteiger partial charge < -0.3 is 10.1 Å². The number of likely N-dealkylation sites (N-methyl/N-ethyl adjacent to an activating group) is 1. The first-order chi connectivity index (χ1) is 9.95. The van der Waals surface area contributed by atoms with Crippen molar-refractivity contribution in [3.8, 4) is 0 Å². The molecule has 3 unspecified atom stereocenters. The smallest absolute Gasteiger partial charge is 0.194 e. The van der Waals surface area contributed by atoms with E-state index in [9.17, 15) is 13.2 Å². The second-order valence-electron chi connectivity index (χ2n) is 5.96. The Morgan fingerprint density at radius 2 is 2.00 bits per heavy atom. The summed E-state index contributed by atoms with van der Waals surface area (Å²) < 4.78 is 46.6. The largest absolute Gasteiger partial charge is 0.376 e. The molecule has 2 rings (SSSR count). The molecule has 0 spiro atoms. The zero-order valence-corrected chi connectivity index (χ0v) is 12.7. The second-order valence-corrected chi connectivity index (χ2v) is 5.96. The van der Waals surface area contributed by atoms with Gasteiger partial charge in [-0.1, -0.05) is 25.8 Å². The third kappa shape index (κ3) is 2.94. The van der Waals surface area contributed by atoms with Gasteiger partial charge >= 0.3 is 0 Å². The summed E-state index contributed by atoms with van der Waals surface area (Å²) in [6, 6.07) is 1.75. The highest BCUT2D eigenvalue weighted by Crippen LogP contribution is 2.43. The van der Waals surface area contributed by atoms with E-state index in [1.165, 1.54) is 6.07 Å². The fourth-order valence-electron chi connectivity index (χ4n) is 3.57. The molecule has 0 aliphatic heterocycles. The fraction of sp³-hybridized carbons (Fsp3) is 0.625. The van der Waals surface area contributed by atoms with Crippen molar-refractivity contribution in [1.29, 1.82) is 0 Å². The van der Waals surface area contributed by atoms with Crippen LogP contribution in [0.3, 0.4) is 0 Å². The number of nitrogens with one attached hydrogen (secondary N) is 1. The Morgan fingerprint density at radius 1 is 1.29 bits per heavy atom. The van der Waals surface area contributed by atoms with Crippen LogP contribution < -0.4 is 5.32 Å². The summed E-state index contributed by atoms with van der Waals surface area (Å²) in [5, 5.41) is 3.03. The van der Waals surface area contributed by atoms with E-state index >= 15 is 0 Å². The number of methoxy groups -OCH3 is 1. The summed E-state index contributed by atoms with van der Waals surface area (Å²) in [4.78, 5) is 0. The molecule has 3 atom stereocenters. The Balaban J connectivity index is 2.45. The molecule has 0 bridgehead atoms. The predicted molar refractivity (Wildman–Crippen MR) is 75.5 cm³/mol. The van der Waals surface area contributed by atoms with Crippen molar-refractivity contribution in [2.45, 2.75) is 44.2 Å². The molecule has 1 aliphatic carbocycles. The van der Waals surface area contributed by atoms with Crippen LogP contribution in [-0.2, 0) is 4.74 Å². The summed E-state index contributed by atoms with van der Waals surface area (Å²) in [5.41, 5.74) is -0.482. The van der Waals surface area contributed by atoms with Gasteiger partial charge in [-0.3, -0.25) is 0 Å².